The van der Waals surface area contributed by atoms with E-state index in [1.807, 2.05) is 35.9 Å². The maximum Gasteiger partial charge on any atom is 0.0351 e. The average molecular weight is 308 g/mol. The molecule has 2 heterocycles. The van der Waals surface area contributed by atoms with Crippen LogP contribution in [0, 0.1) is 0 Å². The van der Waals surface area contributed by atoms with Crippen molar-refractivity contribution in [3.05, 3.63) is 64.8 Å². The Labute approximate surface area is 135 Å². The molecule has 0 saturated heterocycles. The summed E-state index contributed by atoms with van der Waals surface area (Å²) in [6, 6.07) is 12.7. The second kappa shape index (κ2) is 6.86. The molecule has 3 aromatic rings. The van der Waals surface area contributed by atoms with E-state index in [0.717, 1.165) is 13.0 Å². The smallest absolute Gasteiger partial charge is 0.0351 e. The highest BCUT2D eigenvalue weighted by Crippen LogP contribution is 2.33. The van der Waals surface area contributed by atoms with Gasteiger partial charge in [-0.15, -0.1) is 11.3 Å². The number of hydrogen-bond acceptors (Lipinski definition) is 3. The summed E-state index contributed by atoms with van der Waals surface area (Å²) in [6.45, 7) is 1.07. The Bertz CT molecular complexity index is 772. The molecule has 2 nitrogen and oxygen atoms in total. The summed E-state index contributed by atoms with van der Waals surface area (Å²) in [5, 5.41) is 1.35. The minimum absolute atomic E-state index is 1.07. The Kier molecular flexibility index (Phi) is 4.66. The highest BCUT2D eigenvalue weighted by molar-refractivity contribution is 7.19. The maximum atomic E-state index is 4.07. The van der Waals surface area contributed by atoms with Crippen LogP contribution >= 0.6 is 11.3 Å². The van der Waals surface area contributed by atoms with E-state index in [0.29, 0.717) is 0 Å². The fraction of sp³-hybridized carbons (Fsp3) is 0.211. The lowest BCUT2D eigenvalue weighted by molar-refractivity contribution is 0.415. The van der Waals surface area contributed by atoms with Gasteiger partial charge in [0.2, 0.25) is 0 Å². The number of fused-ring (bicyclic) bond motifs is 1. The first-order chi connectivity index (χ1) is 10.7. The molecule has 0 bridgehead atoms. The standard InChI is InChI=1S/C19H20N2S/c1-21(2)14-11-19-17(8-7-15-9-12-20-13-10-15)16-5-3-4-6-18(16)22-19/h3-10,12-13H,11,14H2,1-2H3. The Morgan fingerprint density at radius 2 is 1.82 bits per heavy atom. The topological polar surface area (TPSA) is 16.1 Å². The largest absolute Gasteiger partial charge is 0.309 e. The second-order valence-electron chi connectivity index (χ2n) is 5.60. The predicted octanol–water partition coefficient (Wildman–Crippen LogP) is 4.57. The van der Waals surface area contributed by atoms with Crippen LogP contribution in [0.1, 0.15) is 16.0 Å². The summed E-state index contributed by atoms with van der Waals surface area (Å²) in [5.74, 6) is 0. The van der Waals surface area contributed by atoms with Crippen LogP contribution in [0.5, 0.6) is 0 Å². The van der Waals surface area contributed by atoms with Gasteiger partial charge in [-0.3, -0.25) is 4.98 Å². The molecule has 22 heavy (non-hydrogen) atoms. The number of pyridine rings is 1. The van der Waals surface area contributed by atoms with Crippen molar-refractivity contribution in [1.29, 1.82) is 0 Å². The summed E-state index contributed by atoms with van der Waals surface area (Å²) < 4.78 is 1.37. The number of nitrogens with zero attached hydrogens (tertiary/aromatic N) is 2. The van der Waals surface area contributed by atoms with Gasteiger partial charge in [0.25, 0.3) is 0 Å². The molecule has 0 saturated carbocycles. The third-order valence-corrected chi connectivity index (χ3v) is 4.89. The molecule has 0 N–H and O–H groups in total. The first-order valence-electron chi connectivity index (χ1n) is 7.47. The van der Waals surface area contributed by atoms with E-state index in [1.165, 1.54) is 26.1 Å². The van der Waals surface area contributed by atoms with Crippen LogP contribution in [0.15, 0.2) is 48.8 Å². The monoisotopic (exact) mass is 308 g/mol. The van der Waals surface area contributed by atoms with E-state index < -0.39 is 0 Å². The summed E-state index contributed by atoms with van der Waals surface area (Å²) >= 11 is 1.91. The zero-order valence-electron chi connectivity index (χ0n) is 13.0. The van der Waals surface area contributed by atoms with Gasteiger partial charge in [0.05, 0.1) is 0 Å². The third kappa shape index (κ3) is 3.43. The molecule has 3 rings (SSSR count). The molecule has 0 spiro atoms. The van der Waals surface area contributed by atoms with Gasteiger partial charge in [-0.1, -0.05) is 30.4 Å². The number of thiophene rings is 1. The van der Waals surface area contributed by atoms with E-state index in [-0.39, 0.29) is 0 Å². The van der Waals surface area contributed by atoms with Gasteiger partial charge in [0, 0.05) is 28.5 Å². The molecule has 2 aromatic heterocycles. The third-order valence-electron chi connectivity index (χ3n) is 3.65. The minimum Gasteiger partial charge on any atom is -0.309 e. The van der Waals surface area contributed by atoms with Crippen molar-refractivity contribution in [3.8, 4) is 0 Å². The van der Waals surface area contributed by atoms with Gasteiger partial charge < -0.3 is 4.90 Å². The lowest BCUT2D eigenvalue weighted by atomic mass is 10.1. The zero-order chi connectivity index (χ0) is 15.4. The lowest BCUT2D eigenvalue weighted by Crippen LogP contribution is -2.14. The first kappa shape index (κ1) is 14.9. The summed E-state index contributed by atoms with van der Waals surface area (Å²) in [4.78, 5) is 7.76. The molecule has 0 atom stereocenters. The SMILES string of the molecule is CN(C)CCc1sc2ccccc2c1C=Cc1ccncc1. The highest BCUT2D eigenvalue weighted by Gasteiger charge is 2.09. The molecule has 112 valence electrons. The van der Waals surface area contributed by atoms with Gasteiger partial charge in [-0.25, -0.2) is 0 Å². The van der Waals surface area contributed by atoms with E-state index in [4.69, 9.17) is 0 Å². The molecular formula is C19H20N2S. The molecular weight excluding hydrogens is 288 g/mol. The Hall–Kier alpha value is -1.97. The lowest BCUT2D eigenvalue weighted by Gasteiger charge is -2.08. The Morgan fingerprint density at radius 3 is 2.59 bits per heavy atom. The normalized spacial score (nSPS) is 11.8. The van der Waals surface area contributed by atoms with E-state index in [2.05, 4.69) is 60.4 Å². The maximum absolute atomic E-state index is 4.07. The number of hydrogen-bond donors (Lipinski definition) is 0. The van der Waals surface area contributed by atoms with E-state index in [1.54, 1.807) is 0 Å². The van der Waals surface area contributed by atoms with Gasteiger partial charge >= 0.3 is 0 Å². The van der Waals surface area contributed by atoms with Crippen molar-refractivity contribution < 1.29 is 0 Å². The fourth-order valence-electron chi connectivity index (χ4n) is 2.46. The zero-order valence-corrected chi connectivity index (χ0v) is 13.8. The first-order valence-corrected chi connectivity index (χ1v) is 8.29. The molecule has 0 radical (unpaired) electrons. The van der Waals surface area contributed by atoms with E-state index >= 15 is 0 Å². The average Bonchev–Trinajstić information content (AvgIpc) is 2.89. The van der Waals surface area contributed by atoms with Crippen molar-refractivity contribution in [3.63, 3.8) is 0 Å². The number of rotatable bonds is 5. The van der Waals surface area contributed by atoms with Crippen LogP contribution in [0.2, 0.25) is 0 Å². The highest BCUT2D eigenvalue weighted by atomic mass is 32.1. The van der Waals surface area contributed by atoms with Crippen LogP contribution in [0.25, 0.3) is 22.2 Å². The second-order valence-corrected chi connectivity index (χ2v) is 6.74. The predicted molar refractivity (Wildman–Crippen MR) is 97.2 cm³/mol. The Morgan fingerprint density at radius 1 is 1.05 bits per heavy atom. The van der Waals surface area contributed by atoms with Crippen molar-refractivity contribution in [2.24, 2.45) is 0 Å². The van der Waals surface area contributed by atoms with Crippen LogP contribution < -0.4 is 0 Å². The summed E-state index contributed by atoms with van der Waals surface area (Å²) in [7, 11) is 4.25. The number of benzene rings is 1. The molecule has 0 aliphatic carbocycles. The molecule has 0 aliphatic heterocycles. The molecule has 0 aliphatic rings. The van der Waals surface area contributed by atoms with Gasteiger partial charge in [0.1, 0.15) is 0 Å². The number of aromatic nitrogens is 1. The molecule has 0 unspecified atom stereocenters. The van der Waals surface area contributed by atoms with Crippen LogP contribution in [0.4, 0.5) is 0 Å². The number of likely N-dealkylation sites (N-methyl/N-ethyl adjacent to an activating group) is 1. The summed E-state index contributed by atoms with van der Waals surface area (Å²) in [5.41, 5.74) is 2.54. The van der Waals surface area contributed by atoms with Crippen LogP contribution in [-0.4, -0.2) is 30.5 Å². The molecule has 0 fully saturated rings. The molecule has 0 amide bonds. The molecule has 3 heteroatoms. The van der Waals surface area contributed by atoms with Crippen molar-refractivity contribution in [1.82, 2.24) is 9.88 Å². The van der Waals surface area contributed by atoms with Crippen molar-refractivity contribution in [2.75, 3.05) is 20.6 Å². The fourth-order valence-corrected chi connectivity index (χ4v) is 3.65. The van der Waals surface area contributed by atoms with E-state index in [9.17, 15) is 0 Å². The van der Waals surface area contributed by atoms with Crippen molar-refractivity contribution >= 4 is 33.6 Å². The minimum atomic E-state index is 1.07. The van der Waals surface area contributed by atoms with Crippen LogP contribution in [0.3, 0.4) is 0 Å². The quantitative estimate of drug-likeness (QED) is 0.686. The van der Waals surface area contributed by atoms with Crippen molar-refractivity contribution in [2.45, 2.75) is 6.42 Å². The summed E-state index contributed by atoms with van der Waals surface area (Å²) in [6.07, 6.45) is 9.17. The Balaban J connectivity index is 1.98. The van der Waals surface area contributed by atoms with Crippen LogP contribution in [-0.2, 0) is 6.42 Å². The van der Waals surface area contributed by atoms with Gasteiger partial charge in [-0.05, 0) is 55.2 Å². The van der Waals surface area contributed by atoms with Gasteiger partial charge in [-0.2, -0.15) is 0 Å². The molecule has 1 aromatic carbocycles. The van der Waals surface area contributed by atoms with Gasteiger partial charge in [0.15, 0.2) is 0 Å².